The van der Waals surface area contributed by atoms with Crippen LogP contribution in [0, 0.1) is 0 Å². The van der Waals surface area contributed by atoms with Gasteiger partial charge in [0, 0.05) is 11.9 Å². The van der Waals surface area contributed by atoms with Crippen LogP contribution in [0.3, 0.4) is 0 Å². The molecule has 1 unspecified atom stereocenters. The van der Waals surface area contributed by atoms with Gasteiger partial charge in [-0.3, -0.25) is 0 Å². The van der Waals surface area contributed by atoms with Gasteiger partial charge in [-0.1, -0.05) is 48.6 Å². The molecule has 0 spiro atoms. The van der Waals surface area contributed by atoms with Crippen molar-refractivity contribution in [2.24, 2.45) is 0 Å². The van der Waals surface area contributed by atoms with Gasteiger partial charge < -0.3 is 23.9 Å². The first-order valence-electron chi connectivity index (χ1n) is 11.7. The maximum absolute atomic E-state index is 6.13. The molecule has 5 rings (SSSR count). The van der Waals surface area contributed by atoms with E-state index in [1.165, 1.54) is 11.1 Å². The van der Waals surface area contributed by atoms with Gasteiger partial charge in [0.25, 0.3) is 0 Å². The first kappa shape index (κ1) is 22.1. The van der Waals surface area contributed by atoms with Crippen molar-refractivity contribution in [1.82, 2.24) is 5.32 Å². The van der Waals surface area contributed by atoms with Crippen molar-refractivity contribution in [3.05, 3.63) is 95.3 Å². The van der Waals surface area contributed by atoms with Gasteiger partial charge in [-0.15, -0.1) is 0 Å². The molecule has 2 heterocycles. The fraction of sp³-hybridized carbons (Fsp3) is 0.241. The molecule has 4 aromatic rings. The average molecular weight is 456 g/mol. The topological polar surface area (TPSA) is 52.9 Å². The van der Waals surface area contributed by atoms with E-state index in [1.54, 1.807) is 13.4 Å². The SMILES string of the molecule is CCOc1ccc(/C=C/C2NCCc3cc(OCc4ccccc4)c(OC)cc32)c2ccoc12. The second-order valence-electron chi connectivity index (χ2n) is 8.27. The molecule has 0 bridgehead atoms. The fourth-order valence-corrected chi connectivity index (χ4v) is 4.45. The molecule has 0 saturated carbocycles. The summed E-state index contributed by atoms with van der Waals surface area (Å²) in [6, 6.07) is 20.5. The monoisotopic (exact) mass is 455 g/mol. The number of hydrogen-bond donors (Lipinski definition) is 1. The lowest BCUT2D eigenvalue weighted by molar-refractivity contribution is 0.283. The highest BCUT2D eigenvalue weighted by atomic mass is 16.5. The summed E-state index contributed by atoms with van der Waals surface area (Å²) in [7, 11) is 1.69. The minimum atomic E-state index is 0.0781. The molecular weight excluding hydrogens is 426 g/mol. The van der Waals surface area contributed by atoms with Crippen molar-refractivity contribution in [2.75, 3.05) is 20.3 Å². The number of ether oxygens (including phenoxy) is 3. The van der Waals surface area contributed by atoms with Gasteiger partial charge in [-0.2, -0.15) is 0 Å². The van der Waals surface area contributed by atoms with Gasteiger partial charge in [0.2, 0.25) is 0 Å². The highest BCUT2D eigenvalue weighted by molar-refractivity contribution is 5.91. The molecule has 1 aliphatic rings. The smallest absolute Gasteiger partial charge is 0.176 e. The van der Waals surface area contributed by atoms with Crippen LogP contribution in [0.15, 0.2) is 77.4 Å². The molecule has 0 saturated heterocycles. The lowest BCUT2D eigenvalue weighted by Crippen LogP contribution is -2.28. The molecule has 174 valence electrons. The maximum atomic E-state index is 6.13. The number of rotatable bonds is 8. The molecule has 5 heteroatoms. The lowest BCUT2D eigenvalue weighted by atomic mass is 9.92. The molecule has 1 aliphatic heterocycles. The summed E-state index contributed by atoms with van der Waals surface area (Å²) >= 11 is 0. The quantitative estimate of drug-likeness (QED) is 0.337. The van der Waals surface area contributed by atoms with Crippen LogP contribution >= 0.6 is 0 Å². The highest BCUT2D eigenvalue weighted by Gasteiger charge is 2.21. The normalized spacial score (nSPS) is 15.4. The standard InChI is InChI=1S/C29H29NO4/c1-3-32-26-12-10-21(23-14-16-33-29(23)26)9-11-25-24-18-27(31-2)28(17-22(24)13-15-30-25)34-19-20-7-5-4-6-8-20/h4-12,14,16-18,25,30H,3,13,15,19H2,1-2H3/b11-9+. The van der Waals surface area contributed by atoms with Gasteiger partial charge in [-0.25, -0.2) is 0 Å². The van der Waals surface area contributed by atoms with Crippen molar-refractivity contribution < 1.29 is 18.6 Å². The minimum Gasteiger partial charge on any atom is -0.493 e. The van der Waals surface area contributed by atoms with Crippen molar-refractivity contribution in [2.45, 2.75) is 26.0 Å². The van der Waals surface area contributed by atoms with Crippen LogP contribution in [0.25, 0.3) is 17.0 Å². The average Bonchev–Trinajstić information content (AvgIpc) is 3.38. The number of fused-ring (bicyclic) bond motifs is 2. The predicted molar refractivity (Wildman–Crippen MR) is 135 cm³/mol. The number of nitrogens with one attached hydrogen (secondary N) is 1. The van der Waals surface area contributed by atoms with Gasteiger partial charge in [0.15, 0.2) is 22.8 Å². The molecular formula is C29H29NO4. The zero-order valence-corrected chi connectivity index (χ0v) is 19.5. The number of hydrogen-bond acceptors (Lipinski definition) is 5. The van der Waals surface area contributed by atoms with E-state index in [-0.39, 0.29) is 6.04 Å². The van der Waals surface area contributed by atoms with Gasteiger partial charge in [0.05, 0.1) is 26.0 Å². The summed E-state index contributed by atoms with van der Waals surface area (Å²) in [5.74, 6) is 2.30. The third-order valence-electron chi connectivity index (χ3n) is 6.14. The Morgan fingerprint density at radius 1 is 1.00 bits per heavy atom. The van der Waals surface area contributed by atoms with E-state index in [4.69, 9.17) is 18.6 Å². The molecule has 0 amide bonds. The lowest BCUT2D eigenvalue weighted by Gasteiger charge is -2.26. The molecule has 0 radical (unpaired) electrons. The Morgan fingerprint density at radius 3 is 2.71 bits per heavy atom. The molecule has 1 atom stereocenters. The van der Waals surface area contributed by atoms with Crippen molar-refractivity contribution in [3.63, 3.8) is 0 Å². The van der Waals surface area contributed by atoms with Gasteiger partial charge in [-0.05, 0) is 59.9 Å². The number of benzene rings is 3. The third-order valence-corrected chi connectivity index (χ3v) is 6.14. The molecule has 1 N–H and O–H groups in total. The summed E-state index contributed by atoms with van der Waals surface area (Å²) < 4.78 is 23.2. The Hall–Kier alpha value is -3.70. The van der Waals surface area contributed by atoms with E-state index in [9.17, 15) is 0 Å². The largest absolute Gasteiger partial charge is 0.493 e. The van der Waals surface area contributed by atoms with Gasteiger partial charge in [0.1, 0.15) is 6.61 Å². The van der Waals surface area contributed by atoms with Crippen molar-refractivity contribution in [3.8, 4) is 17.2 Å². The summed E-state index contributed by atoms with van der Waals surface area (Å²) in [6.07, 6.45) is 7.00. The summed E-state index contributed by atoms with van der Waals surface area (Å²) in [6.45, 7) is 3.99. The van der Waals surface area contributed by atoms with Crippen LogP contribution in [0.1, 0.15) is 35.2 Å². The van der Waals surface area contributed by atoms with E-state index in [0.29, 0.717) is 13.2 Å². The third kappa shape index (κ3) is 4.52. The van der Waals surface area contributed by atoms with Crippen molar-refractivity contribution >= 4 is 17.0 Å². The molecule has 0 fully saturated rings. The molecule has 5 nitrogen and oxygen atoms in total. The predicted octanol–water partition coefficient (Wildman–Crippen LogP) is 6.32. The minimum absolute atomic E-state index is 0.0781. The maximum Gasteiger partial charge on any atom is 0.176 e. The van der Waals surface area contributed by atoms with Crippen LogP contribution in [0.5, 0.6) is 17.2 Å². The van der Waals surface area contributed by atoms with Crippen molar-refractivity contribution in [1.29, 1.82) is 0 Å². The Bertz CT molecular complexity index is 1290. The van der Waals surface area contributed by atoms with Crippen LogP contribution in [-0.4, -0.2) is 20.3 Å². The van der Waals surface area contributed by atoms with Crippen LogP contribution in [0.4, 0.5) is 0 Å². The summed E-state index contributed by atoms with van der Waals surface area (Å²) in [5, 5.41) is 4.66. The first-order valence-corrected chi connectivity index (χ1v) is 11.7. The number of methoxy groups -OCH3 is 1. The zero-order valence-electron chi connectivity index (χ0n) is 19.5. The van der Waals surface area contributed by atoms with E-state index < -0.39 is 0 Å². The van der Waals surface area contributed by atoms with Crippen LogP contribution in [0.2, 0.25) is 0 Å². The van der Waals surface area contributed by atoms with E-state index in [1.807, 2.05) is 37.3 Å². The van der Waals surface area contributed by atoms with E-state index in [0.717, 1.165) is 52.3 Å². The Balaban J connectivity index is 1.40. The second kappa shape index (κ2) is 10.1. The molecule has 3 aromatic carbocycles. The van der Waals surface area contributed by atoms with E-state index in [2.05, 4.69) is 47.8 Å². The number of furan rings is 1. The summed E-state index contributed by atoms with van der Waals surface area (Å²) in [5.41, 5.74) is 5.49. The second-order valence-corrected chi connectivity index (χ2v) is 8.27. The molecule has 34 heavy (non-hydrogen) atoms. The first-order chi connectivity index (χ1) is 16.8. The Kier molecular flexibility index (Phi) is 6.54. The Morgan fingerprint density at radius 2 is 1.88 bits per heavy atom. The fourth-order valence-electron chi connectivity index (χ4n) is 4.45. The Labute approximate surface area is 200 Å². The van der Waals surface area contributed by atoms with Gasteiger partial charge >= 0.3 is 0 Å². The molecule has 1 aromatic heterocycles. The van der Waals surface area contributed by atoms with E-state index >= 15 is 0 Å². The highest BCUT2D eigenvalue weighted by Crippen LogP contribution is 2.37. The zero-order chi connectivity index (χ0) is 23.3. The van der Waals surface area contributed by atoms with Crippen LogP contribution < -0.4 is 19.5 Å². The van der Waals surface area contributed by atoms with Crippen LogP contribution in [-0.2, 0) is 13.0 Å². The molecule has 0 aliphatic carbocycles. The summed E-state index contributed by atoms with van der Waals surface area (Å²) in [4.78, 5) is 0.